The first-order chi connectivity index (χ1) is 19.1. The number of carbonyl (C=O) groups is 2. The van der Waals surface area contributed by atoms with Crippen molar-refractivity contribution in [3.8, 4) is 0 Å². The Morgan fingerprint density at radius 3 is 2.38 bits per heavy atom. The number of aryl methyl sites for hydroxylation is 1. The molecule has 1 heterocycles. The summed E-state index contributed by atoms with van der Waals surface area (Å²) >= 11 is 0. The van der Waals surface area contributed by atoms with Crippen LogP contribution in [0.4, 0.5) is 5.95 Å². The van der Waals surface area contributed by atoms with Crippen LogP contribution in [0.5, 0.6) is 0 Å². The Morgan fingerprint density at radius 1 is 1.02 bits per heavy atom. The number of amides is 2. The van der Waals surface area contributed by atoms with Crippen LogP contribution >= 0.6 is 0 Å². The van der Waals surface area contributed by atoms with Crippen LogP contribution in [0.1, 0.15) is 111 Å². The number of benzene rings is 2. The summed E-state index contributed by atoms with van der Waals surface area (Å²) in [6.45, 7) is 11.4. The van der Waals surface area contributed by atoms with Gasteiger partial charge in [0.25, 0.3) is 5.91 Å². The average Bonchev–Trinajstić information content (AvgIpc) is 3.59. The molecular weight excluding hydrogens is 500 g/mol. The van der Waals surface area contributed by atoms with Crippen molar-refractivity contribution >= 4 is 17.8 Å². The maximum atomic E-state index is 14.1. The van der Waals surface area contributed by atoms with Crippen molar-refractivity contribution in [2.24, 2.45) is 11.3 Å². The zero-order valence-corrected chi connectivity index (χ0v) is 24.4. The van der Waals surface area contributed by atoms with E-state index in [1.165, 1.54) is 11.1 Å². The van der Waals surface area contributed by atoms with E-state index in [9.17, 15) is 9.59 Å². The van der Waals surface area contributed by atoms with E-state index in [2.05, 4.69) is 89.7 Å². The summed E-state index contributed by atoms with van der Waals surface area (Å²) in [7, 11) is 0. The van der Waals surface area contributed by atoms with Gasteiger partial charge in [-0.25, -0.2) is 5.10 Å². The SMILES string of the molecule is CC(C)c1ccc(CC(=O)N(C2CCC(C(C)(C)C)CC2)C2CCc3cc(C(=O)Nc4nnn[nH]4)ccc32)cc1. The van der Waals surface area contributed by atoms with E-state index in [0.29, 0.717) is 23.8 Å². The number of nitrogens with one attached hydrogen (secondary N) is 2. The number of rotatable bonds is 7. The monoisotopic (exact) mass is 542 g/mol. The molecular formula is C32H42N6O2. The van der Waals surface area contributed by atoms with Gasteiger partial charge >= 0.3 is 0 Å². The van der Waals surface area contributed by atoms with Gasteiger partial charge in [0, 0.05) is 11.6 Å². The fourth-order valence-corrected chi connectivity index (χ4v) is 6.56. The molecule has 2 aromatic carbocycles. The second-order valence-electron chi connectivity index (χ2n) is 12.9. The molecule has 40 heavy (non-hydrogen) atoms. The third kappa shape index (κ3) is 6.11. The summed E-state index contributed by atoms with van der Waals surface area (Å²) in [4.78, 5) is 29.1. The highest BCUT2D eigenvalue weighted by Crippen LogP contribution is 2.44. The minimum absolute atomic E-state index is 0.0317. The molecule has 0 spiro atoms. The predicted octanol–water partition coefficient (Wildman–Crippen LogP) is 6.24. The van der Waals surface area contributed by atoms with Crippen LogP contribution in [0.3, 0.4) is 0 Å². The minimum Gasteiger partial charge on any atom is -0.332 e. The van der Waals surface area contributed by atoms with E-state index >= 15 is 0 Å². The highest BCUT2D eigenvalue weighted by molar-refractivity contribution is 6.03. The normalized spacial score (nSPS) is 20.8. The third-order valence-electron chi connectivity index (χ3n) is 8.97. The number of hydrogen-bond acceptors (Lipinski definition) is 5. The molecule has 1 unspecified atom stereocenters. The molecule has 0 bridgehead atoms. The van der Waals surface area contributed by atoms with E-state index in [4.69, 9.17) is 0 Å². The molecule has 2 N–H and O–H groups in total. The summed E-state index contributed by atoms with van der Waals surface area (Å²) in [5, 5.41) is 16.0. The van der Waals surface area contributed by atoms with Crippen molar-refractivity contribution < 1.29 is 9.59 Å². The van der Waals surface area contributed by atoms with Gasteiger partial charge in [-0.05, 0) is 101 Å². The number of nitrogens with zero attached hydrogens (tertiary/aromatic N) is 4. The predicted molar refractivity (Wildman–Crippen MR) is 156 cm³/mol. The van der Waals surface area contributed by atoms with Gasteiger partial charge in [0.15, 0.2) is 0 Å². The zero-order chi connectivity index (χ0) is 28.4. The van der Waals surface area contributed by atoms with E-state index in [1.54, 1.807) is 0 Å². The van der Waals surface area contributed by atoms with Gasteiger partial charge in [-0.1, -0.05) is 70.0 Å². The Bertz CT molecular complexity index is 1320. The average molecular weight is 543 g/mol. The van der Waals surface area contributed by atoms with Crippen LogP contribution < -0.4 is 5.32 Å². The molecule has 2 amide bonds. The Hall–Kier alpha value is -3.55. The van der Waals surface area contributed by atoms with Gasteiger partial charge in [0.05, 0.1) is 12.5 Å². The summed E-state index contributed by atoms with van der Waals surface area (Å²) in [5.74, 6) is 1.30. The quantitative estimate of drug-likeness (QED) is 0.368. The molecule has 212 valence electrons. The van der Waals surface area contributed by atoms with E-state index < -0.39 is 0 Å². The van der Waals surface area contributed by atoms with E-state index in [1.807, 2.05) is 18.2 Å². The first-order valence-corrected chi connectivity index (χ1v) is 14.7. The molecule has 0 saturated heterocycles. The maximum Gasteiger partial charge on any atom is 0.258 e. The Kier molecular flexibility index (Phi) is 8.06. The Balaban J connectivity index is 1.38. The fraction of sp³-hybridized carbons (Fsp3) is 0.531. The highest BCUT2D eigenvalue weighted by Gasteiger charge is 2.39. The van der Waals surface area contributed by atoms with Gasteiger partial charge in [0.1, 0.15) is 0 Å². The van der Waals surface area contributed by atoms with Crippen LogP contribution in [0.15, 0.2) is 42.5 Å². The zero-order valence-electron chi connectivity index (χ0n) is 24.4. The lowest BCUT2D eigenvalue weighted by atomic mass is 9.71. The van der Waals surface area contributed by atoms with E-state index in [0.717, 1.165) is 49.7 Å². The lowest BCUT2D eigenvalue weighted by Crippen LogP contribution is -2.45. The number of aromatic nitrogens is 4. The maximum absolute atomic E-state index is 14.1. The van der Waals surface area contributed by atoms with Gasteiger partial charge < -0.3 is 4.90 Å². The van der Waals surface area contributed by atoms with Crippen molar-refractivity contribution in [1.82, 2.24) is 25.5 Å². The molecule has 8 heteroatoms. The van der Waals surface area contributed by atoms with Crippen LogP contribution in [0.2, 0.25) is 0 Å². The molecule has 1 atom stereocenters. The molecule has 2 aliphatic carbocycles. The number of anilines is 1. The van der Waals surface area contributed by atoms with Gasteiger partial charge in [-0.2, -0.15) is 0 Å². The summed E-state index contributed by atoms with van der Waals surface area (Å²) in [6, 6.07) is 14.6. The van der Waals surface area contributed by atoms with Crippen LogP contribution in [-0.2, 0) is 17.6 Å². The van der Waals surface area contributed by atoms with E-state index in [-0.39, 0.29) is 35.3 Å². The minimum atomic E-state index is -0.261. The fourth-order valence-electron chi connectivity index (χ4n) is 6.56. The van der Waals surface area contributed by atoms with Gasteiger partial charge in [-0.3, -0.25) is 14.9 Å². The first kappa shape index (κ1) is 28.0. The topological polar surface area (TPSA) is 104 Å². The molecule has 2 aliphatic rings. The lowest BCUT2D eigenvalue weighted by Gasteiger charge is -2.43. The standard InChI is InChI=1S/C32H42N6O2/c1-20(2)22-8-6-21(7-9-22)18-29(39)38(26-14-12-25(13-15-26)32(3,4)5)28-17-11-23-19-24(10-16-27(23)28)30(40)33-31-34-36-37-35-31/h6-10,16,19-20,25-26,28H,11-15,17-18H2,1-5H3,(H2,33,34,35,36,37,40). The number of hydrogen-bond donors (Lipinski definition) is 2. The second kappa shape index (κ2) is 11.5. The molecule has 0 radical (unpaired) electrons. The largest absolute Gasteiger partial charge is 0.332 e. The van der Waals surface area contributed by atoms with Gasteiger partial charge in [0.2, 0.25) is 11.9 Å². The number of fused-ring (bicyclic) bond motifs is 1. The van der Waals surface area contributed by atoms with Crippen molar-refractivity contribution in [2.75, 3.05) is 5.32 Å². The number of aromatic amines is 1. The summed E-state index contributed by atoms with van der Waals surface area (Å²) in [5.41, 5.74) is 5.50. The molecule has 0 aliphatic heterocycles. The van der Waals surface area contributed by atoms with Crippen LogP contribution in [0.25, 0.3) is 0 Å². The highest BCUT2D eigenvalue weighted by atomic mass is 16.2. The van der Waals surface area contributed by atoms with Crippen molar-refractivity contribution in [3.05, 3.63) is 70.3 Å². The number of tetrazole rings is 1. The third-order valence-corrected chi connectivity index (χ3v) is 8.97. The lowest BCUT2D eigenvalue weighted by molar-refractivity contribution is -0.137. The van der Waals surface area contributed by atoms with Crippen molar-refractivity contribution in [1.29, 1.82) is 0 Å². The van der Waals surface area contributed by atoms with Crippen molar-refractivity contribution in [3.63, 3.8) is 0 Å². The second-order valence-corrected chi connectivity index (χ2v) is 12.9. The summed E-state index contributed by atoms with van der Waals surface area (Å²) < 4.78 is 0. The molecule has 1 saturated carbocycles. The number of carbonyl (C=O) groups excluding carboxylic acids is 2. The Labute approximate surface area is 237 Å². The molecule has 3 aromatic rings. The smallest absolute Gasteiger partial charge is 0.258 e. The van der Waals surface area contributed by atoms with Gasteiger partial charge in [-0.15, -0.1) is 0 Å². The molecule has 8 nitrogen and oxygen atoms in total. The molecule has 1 aromatic heterocycles. The van der Waals surface area contributed by atoms with Crippen molar-refractivity contribution in [2.45, 2.75) is 97.6 Å². The van der Waals surface area contributed by atoms with Crippen LogP contribution in [0, 0.1) is 11.3 Å². The Morgan fingerprint density at radius 2 is 1.75 bits per heavy atom. The molecule has 5 rings (SSSR count). The first-order valence-electron chi connectivity index (χ1n) is 14.7. The van der Waals surface area contributed by atoms with Crippen LogP contribution in [-0.4, -0.2) is 43.4 Å². The number of H-pyrrole nitrogens is 1. The molecule has 1 fully saturated rings. The summed E-state index contributed by atoms with van der Waals surface area (Å²) in [6.07, 6.45) is 6.51.